The summed E-state index contributed by atoms with van der Waals surface area (Å²) in [5.41, 5.74) is 5.63. The summed E-state index contributed by atoms with van der Waals surface area (Å²) in [6.45, 7) is 3.56. The predicted molar refractivity (Wildman–Crippen MR) is 53.8 cm³/mol. The second-order valence-corrected chi connectivity index (χ2v) is 5.17. The zero-order valence-electron chi connectivity index (χ0n) is 7.16. The van der Waals surface area contributed by atoms with Gasteiger partial charge in [-0.3, -0.25) is 4.79 Å². The molecule has 4 heteroatoms. The van der Waals surface area contributed by atoms with Gasteiger partial charge in [0.25, 0.3) is 0 Å². The van der Waals surface area contributed by atoms with E-state index in [-0.39, 0.29) is 17.7 Å². The van der Waals surface area contributed by atoms with Gasteiger partial charge < -0.3 is 5.73 Å². The van der Waals surface area contributed by atoms with E-state index in [1.54, 1.807) is 28.5 Å². The lowest BCUT2D eigenvalue weighted by Gasteiger charge is -2.15. The maximum atomic E-state index is 10.8. The van der Waals surface area contributed by atoms with Crippen LogP contribution >= 0.6 is 21.6 Å². The zero-order valence-corrected chi connectivity index (χ0v) is 8.80. The molecule has 0 aromatic rings. The van der Waals surface area contributed by atoms with Crippen molar-refractivity contribution >= 4 is 27.4 Å². The molecule has 0 amide bonds. The first-order valence-electron chi connectivity index (χ1n) is 3.51. The highest BCUT2D eigenvalue weighted by molar-refractivity contribution is 8.76. The van der Waals surface area contributed by atoms with E-state index in [0.717, 1.165) is 5.75 Å². The molecule has 0 saturated heterocycles. The molecule has 0 fully saturated rings. The smallest absolute Gasteiger partial charge is 0.146 e. The number of carbonyl (C=O) groups excluding carboxylic acids is 1. The number of nitrogens with two attached hydrogens (primary N) is 1. The fourth-order valence-corrected chi connectivity index (χ4v) is 2.29. The van der Waals surface area contributed by atoms with E-state index >= 15 is 0 Å². The number of rotatable bonds is 5. The van der Waals surface area contributed by atoms with Gasteiger partial charge >= 0.3 is 0 Å². The second kappa shape index (κ2) is 5.91. The lowest BCUT2D eigenvalue weighted by Crippen LogP contribution is -2.36. The zero-order chi connectivity index (χ0) is 8.85. The third-order valence-electron chi connectivity index (χ3n) is 1.53. The fourth-order valence-electron chi connectivity index (χ4n) is 0.680. The van der Waals surface area contributed by atoms with Crippen molar-refractivity contribution in [3.63, 3.8) is 0 Å². The number of Topliss-reactive ketones (excluding diaryl/α,β-unsaturated/α-hetero) is 1. The van der Waals surface area contributed by atoms with Crippen LogP contribution in [0.2, 0.25) is 0 Å². The van der Waals surface area contributed by atoms with Crippen molar-refractivity contribution in [3.05, 3.63) is 0 Å². The van der Waals surface area contributed by atoms with Crippen LogP contribution in [0.5, 0.6) is 0 Å². The summed E-state index contributed by atoms with van der Waals surface area (Å²) in [6, 6.07) is -0.283. The third-order valence-corrected chi connectivity index (χ3v) is 3.54. The highest BCUT2D eigenvalue weighted by atomic mass is 33.1. The van der Waals surface area contributed by atoms with Gasteiger partial charge in [0.15, 0.2) is 0 Å². The molecule has 0 saturated carbocycles. The van der Waals surface area contributed by atoms with E-state index in [2.05, 4.69) is 0 Å². The van der Waals surface area contributed by atoms with Crippen molar-refractivity contribution in [1.29, 1.82) is 0 Å². The Morgan fingerprint density at radius 1 is 1.64 bits per heavy atom. The van der Waals surface area contributed by atoms with Crippen LogP contribution in [0.25, 0.3) is 0 Å². The highest BCUT2D eigenvalue weighted by Crippen LogP contribution is 2.21. The van der Waals surface area contributed by atoms with E-state index in [9.17, 15) is 4.79 Å². The SMILES string of the molecule is CSSC[C@H](C)[C@H](N)C(C)=O. The molecule has 0 bridgehead atoms. The summed E-state index contributed by atoms with van der Waals surface area (Å²) < 4.78 is 0. The molecule has 2 atom stereocenters. The first kappa shape index (κ1) is 11.3. The summed E-state index contributed by atoms with van der Waals surface area (Å²) in [4.78, 5) is 10.8. The lowest BCUT2D eigenvalue weighted by molar-refractivity contribution is -0.119. The minimum Gasteiger partial charge on any atom is -0.321 e. The van der Waals surface area contributed by atoms with Crippen molar-refractivity contribution in [1.82, 2.24) is 0 Å². The van der Waals surface area contributed by atoms with Crippen molar-refractivity contribution in [2.75, 3.05) is 12.0 Å². The lowest BCUT2D eigenvalue weighted by atomic mass is 10.0. The van der Waals surface area contributed by atoms with Gasteiger partial charge in [0.1, 0.15) is 5.78 Å². The Hall–Kier alpha value is 0.330. The van der Waals surface area contributed by atoms with Gasteiger partial charge in [-0.05, 0) is 19.1 Å². The molecule has 0 aliphatic heterocycles. The van der Waals surface area contributed by atoms with Crippen LogP contribution in [0.15, 0.2) is 0 Å². The predicted octanol–water partition coefficient (Wildman–Crippen LogP) is 1.55. The molecule has 0 aliphatic rings. The highest BCUT2D eigenvalue weighted by Gasteiger charge is 2.16. The van der Waals surface area contributed by atoms with Crippen LogP contribution in [-0.4, -0.2) is 23.8 Å². The van der Waals surface area contributed by atoms with E-state index < -0.39 is 0 Å². The minimum absolute atomic E-state index is 0.0826. The Kier molecular flexibility index (Phi) is 6.09. The first-order valence-corrected chi connectivity index (χ1v) is 6.24. The summed E-state index contributed by atoms with van der Waals surface area (Å²) >= 11 is 0. The first-order chi connectivity index (χ1) is 5.09. The van der Waals surface area contributed by atoms with Crippen LogP contribution in [0.3, 0.4) is 0 Å². The molecule has 11 heavy (non-hydrogen) atoms. The normalized spacial score (nSPS) is 16.0. The summed E-state index contributed by atoms with van der Waals surface area (Å²) in [6.07, 6.45) is 2.02. The monoisotopic (exact) mass is 193 g/mol. The summed E-state index contributed by atoms with van der Waals surface area (Å²) in [5, 5.41) is 0. The van der Waals surface area contributed by atoms with Crippen LogP contribution in [-0.2, 0) is 4.79 Å². The third kappa shape index (κ3) is 4.71. The van der Waals surface area contributed by atoms with Crippen LogP contribution in [0.4, 0.5) is 0 Å². The van der Waals surface area contributed by atoms with Gasteiger partial charge in [0, 0.05) is 5.75 Å². The largest absolute Gasteiger partial charge is 0.321 e. The quantitative estimate of drug-likeness (QED) is 0.673. The maximum Gasteiger partial charge on any atom is 0.146 e. The molecule has 0 heterocycles. The van der Waals surface area contributed by atoms with Crippen LogP contribution < -0.4 is 5.73 Å². The Morgan fingerprint density at radius 3 is 2.55 bits per heavy atom. The number of hydrogen-bond donors (Lipinski definition) is 1. The van der Waals surface area contributed by atoms with E-state index in [0.29, 0.717) is 0 Å². The van der Waals surface area contributed by atoms with Gasteiger partial charge in [-0.25, -0.2) is 0 Å². The number of hydrogen-bond acceptors (Lipinski definition) is 4. The summed E-state index contributed by atoms with van der Waals surface area (Å²) in [7, 11) is 3.46. The molecular formula is C7H15NOS2. The van der Waals surface area contributed by atoms with Gasteiger partial charge in [-0.2, -0.15) is 0 Å². The second-order valence-electron chi connectivity index (χ2n) is 2.56. The fraction of sp³-hybridized carbons (Fsp3) is 0.857. The Bertz CT molecular complexity index is 130. The molecule has 66 valence electrons. The Balaban J connectivity index is 3.63. The molecule has 0 aromatic heterocycles. The average Bonchev–Trinajstić information content (AvgIpc) is 1.98. The molecule has 2 nitrogen and oxygen atoms in total. The van der Waals surface area contributed by atoms with E-state index in [1.807, 2.05) is 13.2 Å². The molecule has 0 aromatic carbocycles. The number of carbonyl (C=O) groups is 1. The van der Waals surface area contributed by atoms with Crippen molar-refractivity contribution < 1.29 is 4.79 Å². The van der Waals surface area contributed by atoms with Crippen molar-refractivity contribution in [2.24, 2.45) is 11.7 Å². The van der Waals surface area contributed by atoms with Gasteiger partial charge in [-0.1, -0.05) is 28.5 Å². The van der Waals surface area contributed by atoms with Gasteiger partial charge in [0.05, 0.1) is 6.04 Å². The van der Waals surface area contributed by atoms with Crippen LogP contribution in [0.1, 0.15) is 13.8 Å². The standard InChI is InChI=1S/C7H15NOS2/c1-5(4-11-10-3)7(8)6(2)9/h5,7H,4,8H2,1-3H3/t5-,7-/m0/s1. The molecule has 2 N–H and O–H groups in total. The van der Waals surface area contributed by atoms with Crippen molar-refractivity contribution in [3.8, 4) is 0 Å². The Labute approximate surface area is 76.1 Å². The van der Waals surface area contributed by atoms with Gasteiger partial charge in [-0.15, -0.1) is 0 Å². The molecule has 0 rings (SSSR count). The molecule has 0 aliphatic carbocycles. The Morgan fingerprint density at radius 2 is 2.18 bits per heavy atom. The molecular weight excluding hydrogens is 178 g/mol. The molecule has 0 radical (unpaired) electrons. The van der Waals surface area contributed by atoms with E-state index in [1.165, 1.54) is 0 Å². The molecule has 0 unspecified atom stereocenters. The minimum atomic E-state index is -0.283. The van der Waals surface area contributed by atoms with Crippen molar-refractivity contribution in [2.45, 2.75) is 19.9 Å². The van der Waals surface area contributed by atoms with E-state index in [4.69, 9.17) is 5.73 Å². The topological polar surface area (TPSA) is 43.1 Å². The van der Waals surface area contributed by atoms with Crippen LogP contribution in [0, 0.1) is 5.92 Å². The van der Waals surface area contributed by atoms with Gasteiger partial charge in [0.2, 0.25) is 0 Å². The number of ketones is 1. The average molecular weight is 193 g/mol. The maximum absolute atomic E-state index is 10.8. The molecule has 0 spiro atoms. The summed E-state index contributed by atoms with van der Waals surface area (Å²) in [5.74, 6) is 1.31.